The van der Waals surface area contributed by atoms with Gasteiger partial charge in [-0.1, -0.05) is 25.3 Å². The van der Waals surface area contributed by atoms with Gasteiger partial charge in [0.05, 0.1) is 6.42 Å². The van der Waals surface area contributed by atoms with E-state index in [1.165, 1.54) is 12.5 Å². The molecule has 0 bridgehead atoms. The third-order valence-corrected chi connectivity index (χ3v) is 5.17. The molecule has 1 aliphatic carbocycles. The second kappa shape index (κ2) is 8.42. The van der Waals surface area contributed by atoms with E-state index in [4.69, 9.17) is 0 Å². The van der Waals surface area contributed by atoms with E-state index in [0.717, 1.165) is 37.8 Å². The number of anilines is 1. The quantitative estimate of drug-likeness (QED) is 0.724. The number of phenolic OH excluding ortho intramolecular Hbond substituents is 1. The molecule has 0 radical (unpaired) electrons. The highest BCUT2D eigenvalue weighted by Gasteiger charge is 2.28. The molecule has 0 aliphatic heterocycles. The predicted octanol–water partition coefficient (Wildman–Crippen LogP) is 4.17. The van der Waals surface area contributed by atoms with Crippen molar-refractivity contribution in [3.8, 4) is 5.75 Å². The molecule has 2 amide bonds. The first-order valence-corrected chi connectivity index (χ1v) is 9.54. The monoisotopic (exact) mass is 384 g/mol. The lowest BCUT2D eigenvalue weighted by atomic mass is 9.83. The minimum Gasteiger partial charge on any atom is -0.508 e. The number of carbonyl (C=O) groups is 2. The van der Waals surface area contributed by atoms with Crippen LogP contribution in [0.15, 0.2) is 42.5 Å². The molecule has 2 aromatic carbocycles. The van der Waals surface area contributed by atoms with E-state index in [1.807, 2.05) is 0 Å². The summed E-state index contributed by atoms with van der Waals surface area (Å²) < 4.78 is 13.3. The van der Waals surface area contributed by atoms with Crippen LogP contribution in [0.1, 0.15) is 54.9 Å². The number of aromatic hydroxyl groups is 1. The number of benzene rings is 2. The largest absolute Gasteiger partial charge is 0.508 e. The minimum atomic E-state index is -0.518. The van der Waals surface area contributed by atoms with Crippen molar-refractivity contribution in [3.05, 3.63) is 59.4 Å². The van der Waals surface area contributed by atoms with Gasteiger partial charge in [-0.15, -0.1) is 0 Å². The fourth-order valence-electron chi connectivity index (χ4n) is 3.62. The van der Waals surface area contributed by atoms with Crippen LogP contribution >= 0.6 is 0 Å². The molecule has 148 valence electrons. The summed E-state index contributed by atoms with van der Waals surface area (Å²) in [5.74, 6) is -1.22. The van der Waals surface area contributed by atoms with Crippen molar-refractivity contribution in [3.63, 3.8) is 0 Å². The smallest absolute Gasteiger partial charge is 0.251 e. The van der Waals surface area contributed by atoms with Crippen molar-refractivity contribution < 1.29 is 19.1 Å². The molecule has 1 fully saturated rings. The molecule has 0 unspecified atom stereocenters. The maximum Gasteiger partial charge on any atom is 0.251 e. The van der Waals surface area contributed by atoms with Crippen LogP contribution in [0.5, 0.6) is 5.75 Å². The highest BCUT2D eigenvalue weighted by Crippen LogP contribution is 2.28. The van der Waals surface area contributed by atoms with Crippen LogP contribution in [0, 0.1) is 5.82 Å². The van der Waals surface area contributed by atoms with E-state index in [1.54, 1.807) is 24.3 Å². The van der Waals surface area contributed by atoms with Crippen molar-refractivity contribution in [2.45, 2.75) is 51.0 Å². The summed E-state index contributed by atoms with van der Waals surface area (Å²) in [4.78, 5) is 24.9. The predicted molar refractivity (Wildman–Crippen MR) is 106 cm³/mol. The molecular weight excluding hydrogens is 359 g/mol. The zero-order chi connectivity index (χ0) is 20.1. The van der Waals surface area contributed by atoms with E-state index in [0.29, 0.717) is 11.3 Å². The number of nitrogens with one attached hydrogen (secondary N) is 2. The van der Waals surface area contributed by atoms with Crippen LogP contribution in [-0.2, 0) is 11.2 Å². The van der Waals surface area contributed by atoms with Gasteiger partial charge in [-0.3, -0.25) is 9.59 Å². The van der Waals surface area contributed by atoms with Crippen molar-refractivity contribution in [1.82, 2.24) is 5.32 Å². The molecule has 5 nitrogen and oxygen atoms in total. The molecule has 3 N–H and O–H groups in total. The number of carbonyl (C=O) groups excluding carboxylic acids is 2. The van der Waals surface area contributed by atoms with E-state index < -0.39 is 11.7 Å². The Morgan fingerprint density at radius 1 is 1.11 bits per heavy atom. The molecule has 28 heavy (non-hydrogen) atoms. The van der Waals surface area contributed by atoms with Gasteiger partial charge in [-0.25, -0.2) is 4.39 Å². The van der Waals surface area contributed by atoms with Crippen LogP contribution in [0.4, 0.5) is 10.1 Å². The van der Waals surface area contributed by atoms with Gasteiger partial charge in [-0.2, -0.15) is 0 Å². The third-order valence-electron chi connectivity index (χ3n) is 5.17. The van der Waals surface area contributed by atoms with E-state index in [2.05, 4.69) is 17.6 Å². The van der Waals surface area contributed by atoms with Gasteiger partial charge in [0, 0.05) is 22.4 Å². The molecule has 0 heterocycles. The zero-order valence-corrected chi connectivity index (χ0v) is 15.9. The van der Waals surface area contributed by atoms with Crippen LogP contribution in [0.3, 0.4) is 0 Å². The Bertz CT molecular complexity index is 876. The van der Waals surface area contributed by atoms with E-state index in [9.17, 15) is 19.1 Å². The summed E-state index contributed by atoms with van der Waals surface area (Å²) in [6, 6.07) is 10.2. The first-order valence-electron chi connectivity index (χ1n) is 9.54. The van der Waals surface area contributed by atoms with E-state index in [-0.39, 0.29) is 29.2 Å². The van der Waals surface area contributed by atoms with Crippen molar-refractivity contribution in [2.24, 2.45) is 0 Å². The van der Waals surface area contributed by atoms with Gasteiger partial charge in [0.25, 0.3) is 5.91 Å². The van der Waals surface area contributed by atoms with Crippen LogP contribution in [0.25, 0.3) is 0 Å². The highest BCUT2D eigenvalue weighted by molar-refractivity contribution is 5.98. The minimum absolute atomic E-state index is 0.134. The van der Waals surface area contributed by atoms with Gasteiger partial charge < -0.3 is 15.7 Å². The first-order chi connectivity index (χ1) is 13.3. The molecule has 2 aromatic rings. The molecule has 0 saturated heterocycles. The first kappa shape index (κ1) is 19.9. The van der Waals surface area contributed by atoms with Gasteiger partial charge >= 0.3 is 0 Å². The maximum atomic E-state index is 13.3. The fourth-order valence-corrected chi connectivity index (χ4v) is 3.62. The summed E-state index contributed by atoms with van der Waals surface area (Å²) in [6.07, 6.45) is 5.18. The Morgan fingerprint density at radius 2 is 1.86 bits per heavy atom. The van der Waals surface area contributed by atoms with E-state index >= 15 is 0 Å². The second-order valence-corrected chi connectivity index (χ2v) is 7.65. The average molecular weight is 384 g/mol. The maximum absolute atomic E-state index is 13.3. The number of halogens is 1. The van der Waals surface area contributed by atoms with Crippen molar-refractivity contribution in [1.29, 1.82) is 0 Å². The Labute approximate surface area is 164 Å². The summed E-state index contributed by atoms with van der Waals surface area (Å²) in [6.45, 7) is 2.07. The normalized spacial score (nSPS) is 15.6. The summed E-state index contributed by atoms with van der Waals surface area (Å²) in [5.41, 5.74) is 0.959. The number of rotatable bonds is 5. The van der Waals surface area contributed by atoms with Gasteiger partial charge in [0.1, 0.15) is 11.6 Å². The zero-order valence-electron chi connectivity index (χ0n) is 15.9. The number of hydrogen-bond donors (Lipinski definition) is 3. The van der Waals surface area contributed by atoms with Gasteiger partial charge in [-0.05, 0) is 56.2 Å². The number of amides is 2. The molecule has 0 aromatic heterocycles. The van der Waals surface area contributed by atoms with Gasteiger partial charge in [0.15, 0.2) is 0 Å². The highest BCUT2D eigenvalue weighted by atomic mass is 19.1. The summed E-state index contributed by atoms with van der Waals surface area (Å²) in [5, 5.41) is 15.6. The van der Waals surface area contributed by atoms with Crippen LogP contribution in [-0.4, -0.2) is 22.5 Å². The molecule has 3 rings (SSSR count). The van der Waals surface area contributed by atoms with Crippen LogP contribution < -0.4 is 10.6 Å². The topological polar surface area (TPSA) is 78.4 Å². The second-order valence-electron chi connectivity index (χ2n) is 7.65. The van der Waals surface area contributed by atoms with Crippen molar-refractivity contribution in [2.75, 3.05) is 5.32 Å². The number of phenols is 1. The standard InChI is InChI=1S/C22H25FN2O3/c1-22(10-3-2-4-11-22)25-21(28)15-6-5-7-18(13-15)24-20(27)14-16-12-17(23)8-9-19(16)26/h5-9,12-13,26H,2-4,10-11,14H2,1H3,(H,24,27)(H,25,28). The third kappa shape index (κ3) is 5.09. The Hall–Kier alpha value is -2.89. The lowest BCUT2D eigenvalue weighted by molar-refractivity contribution is -0.115. The Kier molecular flexibility index (Phi) is 5.97. The molecule has 1 saturated carbocycles. The summed E-state index contributed by atoms with van der Waals surface area (Å²) in [7, 11) is 0. The SMILES string of the molecule is CC1(NC(=O)c2cccc(NC(=O)Cc3cc(F)ccc3O)c2)CCCCC1. The lowest BCUT2D eigenvalue weighted by Gasteiger charge is -2.34. The average Bonchev–Trinajstić information content (AvgIpc) is 2.65. The molecule has 1 aliphatic rings. The summed E-state index contributed by atoms with van der Waals surface area (Å²) >= 11 is 0. The fraction of sp³-hybridized carbons (Fsp3) is 0.364. The number of hydrogen-bond acceptors (Lipinski definition) is 3. The van der Waals surface area contributed by atoms with Crippen molar-refractivity contribution >= 4 is 17.5 Å². The van der Waals surface area contributed by atoms with Crippen LogP contribution in [0.2, 0.25) is 0 Å². The van der Waals surface area contributed by atoms with Gasteiger partial charge in [0.2, 0.25) is 5.91 Å². The lowest BCUT2D eigenvalue weighted by Crippen LogP contribution is -2.47. The Morgan fingerprint density at radius 3 is 2.61 bits per heavy atom. The Balaban J connectivity index is 1.64. The molecular formula is C22H25FN2O3. The molecule has 0 spiro atoms. The molecule has 0 atom stereocenters. The molecule has 6 heteroatoms.